The summed E-state index contributed by atoms with van der Waals surface area (Å²) >= 11 is 0. The van der Waals surface area contributed by atoms with Gasteiger partial charge in [0, 0.05) is 17.2 Å². The van der Waals surface area contributed by atoms with Crippen LogP contribution in [0.5, 0.6) is 11.5 Å². The van der Waals surface area contributed by atoms with E-state index < -0.39 is 0 Å². The summed E-state index contributed by atoms with van der Waals surface area (Å²) in [6.45, 7) is 6.02. The average Bonchev–Trinajstić information content (AvgIpc) is 2.44. The van der Waals surface area contributed by atoms with Gasteiger partial charge in [0.05, 0.1) is 14.2 Å². The van der Waals surface area contributed by atoms with Crippen LogP contribution in [0.3, 0.4) is 0 Å². The largest absolute Gasteiger partial charge is 0.493 e. The molecule has 0 aliphatic carbocycles. The van der Waals surface area contributed by atoms with Gasteiger partial charge < -0.3 is 14.8 Å². The van der Waals surface area contributed by atoms with Gasteiger partial charge in [-0.05, 0) is 32.4 Å². The fourth-order valence-electron chi connectivity index (χ4n) is 1.67. The minimum atomic E-state index is -0.208. The van der Waals surface area contributed by atoms with Gasteiger partial charge in [-0.25, -0.2) is 0 Å². The van der Waals surface area contributed by atoms with Crippen LogP contribution in [-0.2, 0) is 4.79 Å². The summed E-state index contributed by atoms with van der Waals surface area (Å²) in [6, 6.07) is 5.54. The molecule has 0 radical (unpaired) electrons. The van der Waals surface area contributed by atoms with Crippen molar-refractivity contribution in [1.82, 2.24) is 5.32 Å². The van der Waals surface area contributed by atoms with E-state index in [4.69, 9.17) is 9.47 Å². The third-order valence-corrected chi connectivity index (χ3v) is 3.19. The van der Waals surface area contributed by atoms with Crippen molar-refractivity contribution >= 4 is 12.0 Å². The molecule has 1 N–H and O–H groups in total. The first-order valence-corrected chi connectivity index (χ1v) is 6.64. The third kappa shape index (κ3) is 4.30. The van der Waals surface area contributed by atoms with Crippen molar-refractivity contribution < 1.29 is 14.3 Å². The first-order valence-electron chi connectivity index (χ1n) is 6.64. The molecule has 1 aromatic rings. The lowest BCUT2D eigenvalue weighted by Crippen LogP contribution is -2.41. The molecule has 0 saturated carbocycles. The first-order chi connectivity index (χ1) is 9.43. The van der Waals surface area contributed by atoms with Crippen LogP contribution in [0.25, 0.3) is 6.08 Å². The first kappa shape index (κ1) is 16.1. The summed E-state index contributed by atoms with van der Waals surface area (Å²) in [6.07, 6.45) is 4.10. The molecule has 20 heavy (non-hydrogen) atoms. The summed E-state index contributed by atoms with van der Waals surface area (Å²) in [5.41, 5.74) is 0.594. The predicted octanol–water partition coefficient (Wildman–Crippen LogP) is 3.02. The molecule has 1 aromatic carbocycles. The van der Waals surface area contributed by atoms with Gasteiger partial charge in [-0.1, -0.05) is 19.1 Å². The number of hydrogen-bond donors (Lipinski definition) is 1. The van der Waals surface area contributed by atoms with Gasteiger partial charge in [0.15, 0.2) is 11.5 Å². The van der Waals surface area contributed by atoms with E-state index in [0.29, 0.717) is 11.5 Å². The molecule has 0 aliphatic rings. The Balaban J connectivity index is 2.88. The van der Waals surface area contributed by atoms with Gasteiger partial charge >= 0.3 is 0 Å². The van der Waals surface area contributed by atoms with E-state index in [9.17, 15) is 4.79 Å². The maximum atomic E-state index is 11.9. The molecule has 0 unspecified atom stereocenters. The molecule has 1 rings (SSSR count). The number of rotatable bonds is 6. The maximum absolute atomic E-state index is 11.9. The topological polar surface area (TPSA) is 47.6 Å². The highest BCUT2D eigenvalue weighted by Crippen LogP contribution is 2.31. The van der Waals surface area contributed by atoms with E-state index in [0.717, 1.165) is 12.0 Å². The molecular formula is C16H23NO3. The molecule has 0 saturated heterocycles. The van der Waals surface area contributed by atoms with Crippen molar-refractivity contribution in [3.63, 3.8) is 0 Å². The number of nitrogens with one attached hydrogen (secondary N) is 1. The normalized spacial score (nSPS) is 11.4. The lowest BCUT2D eigenvalue weighted by Gasteiger charge is -2.23. The molecule has 4 nitrogen and oxygen atoms in total. The van der Waals surface area contributed by atoms with Gasteiger partial charge in [0.25, 0.3) is 0 Å². The van der Waals surface area contributed by atoms with Crippen molar-refractivity contribution in [2.45, 2.75) is 32.7 Å². The Morgan fingerprint density at radius 3 is 2.55 bits per heavy atom. The molecule has 0 spiro atoms. The summed E-state index contributed by atoms with van der Waals surface area (Å²) < 4.78 is 10.5. The molecular weight excluding hydrogens is 254 g/mol. The molecule has 0 fully saturated rings. The minimum Gasteiger partial charge on any atom is -0.493 e. The van der Waals surface area contributed by atoms with Crippen LogP contribution < -0.4 is 14.8 Å². The van der Waals surface area contributed by atoms with Crippen molar-refractivity contribution in [2.24, 2.45) is 0 Å². The van der Waals surface area contributed by atoms with Crippen LogP contribution in [-0.4, -0.2) is 25.7 Å². The van der Waals surface area contributed by atoms with Crippen LogP contribution in [0.1, 0.15) is 32.8 Å². The quantitative estimate of drug-likeness (QED) is 0.813. The Morgan fingerprint density at radius 2 is 2.00 bits per heavy atom. The van der Waals surface area contributed by atoms with Crippen molar-refractivity contribution in [2.75, 3.05) is 14.2 Å². The second kappa shape index (κ2) is 6.98. The van der Waals surface area contributed by atoms with Gasteiger partial charge in [0.1, 0.15) is 0 Å². The van der Waals surface area contributed by atoms with Crippen molar-refractivity contribution in [3.8, 4) is 11.5 Å². The predicted molar refractivity (Wildman–Crippen MR) is 81.1 cm³/mol. The van der Waals surface area contributed by atoms with E-state index in [1.165, 1.54) is 6.08 Å². The maximum Gasteiger partial charge on any atom is 0.244 e. The van der Waals surface area contributed by atoms with E-state index in [1.807, 2.05) is 39.0 Å². The standard InChI is InChI=1S/C16H23NO3/c1-6-16(2,3)17-14(18)11-10-12-8-7-9-13(19-4)15(12)20-5/h7-11H,6H2,1-5H3,(H,17,18)/b11-10+. The third-order valence-electron chi connectivity index (χ3n) is 3.19. The molecule has 110 valence electrons. The number of amides is 1. The Morgan fingerprint density at radius 1 is 1.30 bits per heavy atom. The smallest absolute Gasteiger partial charge is 0.244 e. The van der Waals surface area contributed by atoms with Gasteiger partial charge in [-0.15, -0.1) is 0 Å². The zero-order valence-corrected chi connectivity index (χ0v) is 12.8. The van der Waals surface area contributed by atoms with E-state index >= 15 is 0 Å². The summed E-state index contributed by atoms with van der Waals surface area (Å²) in [7, 11) is 3.16. The lowest BCUT2D eigenvalue weighted by molar-refractivity contribution is -0.117. The minimum absolute atomic E-state index is 0.123. The van der Waals surface area contributed by atoms with Crippen molar-refractivity contribution in [3.05, 3.63) is 29.8 Å². The molecule has 0 bridgehead atoms. The van der Waals surface area contributed by atoms with Gasteiger partial charge in [0.2, 0.25) is 5.91 Å². The average molecular weight is 277 g/mol. The molecule has 0 aliphatic heterocycles. The molecule has 1 amide bonds. The van der Waals surface area contributed by atoms with Crippen LogP contribution in [0.4, 0.5) is 0 Å². The summed E-state index contributed by atoms with van der Waals surface area (Å²) in [5.74, 6) is 1.14. The number of para-hydroxylation sites is 1. The fourth-order valence-corrected chi connectivity index (χ4v) is 1.67. The molecule has 0 aromatic heterocycles. The van der Waals surface area contributed by atoms with Crippen molar-refractivity contribution in [1.29, 1.82) is 0 Å². The summed E-state index contributed by atoms with van der Waals surface area (Å²) in [4.78, 5) is 11.9. The highest BCUT2D eigenvalue weighted by atomic mass is 16.5. The number of benzene rings is 1. The van der Waals surface area contributed by atoms with Crippen LogP contribution >= 0.6 is 0 Å². The number of ether oxygens (including phenoxy) is 2. The fraction of sp³-hybridized carbons (Fsp3) is 0.438. The highest BCUT2D eigenvalue weighted by Gasteiger charge is 2.16. The zero-order chi connectivity index (χ0) is 15.2. The van der Waals surface area contributed by atoms with Gasteiger partial charge in [-0.3, -0.25) is 4.79 Å². The van der Waals surface area contributed by atoms with Crippen LogP contribution in [0, 0.1) is 0 Å². The van der Waals surface area contributed by atoms with E-state index in [1.54, 1.807) is 20.3 Å². The van der Waals surface area contributed by atoms with Crippen LogP contribution in [0.15, 0.2) is 24.3 Å². The van der Waals surface area contributed by atoms with Gasteiger partial charge in [-0.2, -0.15) is 0 Å². The highest BCUT2D eigenvalue weighted by molar-refractivity contribution is 5.92. The Bertz CT molecular complexity index is 492. The Kier molecular flexibility index (Phi) is 5.62. The summed E-state index contributed by atoms with van der Waals surface area (Å²) in [5, 5.41) is 2.94. The number of methoxy groups -OCH3 is 2. The second-order valence-electron chi connectivity index (χ2n) is 5.14. The number of carbonyl (C=O) groups is 1. The number of hydrogen-bond acceptors (Lipinski definition) is 3. The number of carbonyl (C=O) groups excluding carboxylic acids is 1. The van der Waals surface area contributed by atoms with Crippen LogP contribution in [0.2, 0.25) is 0 Å². The van der Waals surface area contributed by atoms with E-state index in [2.05, 4.69) is 5.32 Å². The lowest BCUT2D eigenvalue weighted by atomic mass is 10.0. The zero-order valence-electron chi connectivity index (χ0n) is 12.8. The SMILES string of the molecule is CCC(C)(C)NC(=O)/C=C/c1cccc(OC)c1OC. The Labute approximate surface area is 120 Å². The monoisotopic (exact) mass is 277 g/mol. The molecule has 0 heterocycles. The Hall–Kier alpha value is -1.97. The molecule has 0 atom stereocenters. The second-order valence-corrected chi connectivity index (χ2v) is 5.14. The van der Waals surface area contributed by atoms with E-state index in [-0.39, 0.29) is 11.4 Å². The molecule has 4 heteroatoms.